The second-order valence-electron chi connectivity index (χ2n) is 6.15. The van der Waals surface area contributed by atoms with Crippen molar-refractivity contribution in [1.29, 1.82) is 0 Å². The predicted molar refractivity (Wildman–Crippen MR) is 104 cm³/mol. The normalized spacial score (nSPS) is 12.2. The van der Waals surface area contributed by atoms with E-state index in [2.05, 4.69) is 26.5 Å². The molecule has 0 aliphatic carbocycles. The fourth-order valence-corrected chi connectivity index (χ4v) is 2.98. The van der Waals surface area contributed by atoms with E-state index in [1.807, 2.05) is 0 Å². The van der Waals surface area contributed by atoms with E-state index in [4.69, 9.17) is 5.73 Å². The fraction of sp³-hybridized carbons (Fsp3) is 0.100. The number of fused-ring (bicyclic) bond motifs is 1. The van der Waals surface area contributed by atoms with Crippen LogP contribution in [0.3, 0.4) is 0 Å². The van der Waals surface area contributed by atoms with Crippen LogP contribution in [0.5, 0.6) is 0 Å². The summed E-state index contributed by atoms with van der Waals surface area (Å²) in [6.45, 7) is 3.69. The molecule has 28 heavy (non-hydrogen) atoms. The first-order valence-electron chi connectivity index (χ1n) is 8.59. The van der Waals surface area contributed by atoms with Gasteiger partial charge in [0.2, 0.25) is 0 Å². The van der Waals surface area contributed by atoms with Gasteiger partial charge >= 0.3 is 0 Å². The molecule has 4 rings (SSSR count). The molecule has 8 heteroatoms. The van der Waals surface area contributed by atoms with Crippen LogP contribution >= 0.6 is 0 Å². The number of nitrogens with zero attached hydrogens (tertiary/aromatic N) is 5. The molecular formula is C20H17FN6O. The van der Waals surface area contributed by atoms with Crippen LogP contribution in [0.4, 0.5) is 10.2 Å². The molecule has 0 fully saturated rings. The smallest absolute Gasteiger partial charge is 0.163 e. The van der Waals surface area contributed by atoms with Gasteiger partial charge in [0.15, 0.2) is 5.65 Å². The first kappa shape index (κ1) is 17.7. The van der Waals surface area contributed by atoms with E-state index in [-0.39, 0.29) is 0 Å². The third kappa shape index (κ3) is 3.10. The number of hydrogen-bond donors (Lipinski definition) is 2. The van der Waals surface area contributed by atoms with Crippen molar-refractivity contribution in [3.8, 4) is 22.8 Å². The Labute approximate surface area is 160 Å². The molecule has 0 amide bonds. The summed E-state index contributed by atoms with van der Waals surface area (Å²) in [6, 6.07) is 9.91. The maximum atomic E-state index is 13.2. The van der Waals surface area contributed by atoms with Gasteiger partial charge in [0.1, 0.15) is 29.2 Å². The van der Waals surface area contributed by atoms with Gasteiger partial charge < -0.3 is 10.8 Å². The van der Waals surface area contributed by atoms with Crippen LogP contribution in [-0.2, 0) is 0 Å². The Morgan fingerprint density at radius 3 is 2.68 bits per heavy atom. The molecule has 0 aliphatic heterocycles. The van der Waals surface area contributed by atoms with Gasteiger partial charge in [0.05, 0.1) is 23.1 Å². The zero-order valence-corrected chi connectivity index (χ0v) is 14.8. The first-order valence-corrected chi connectivity index (χ1v) is 8.59. The lowest BCUT2D eigenvalue weighted by Gasteiger charge is -2.15. The molecule has 0 saturated heterocycles. The van der Waals surface area contributed by atoms with Gasteiger partial charge in [0.25, 0.3) is 0 Å². The molecule has 7 nitrogen and oxygen atoms in total. The molecule has 4 aromatic rings. The van der Waals surface area contributed by atoms with E-state index in [0.717, 1.165) is 6.20 Å². The Morgan fingerprint density at radius 1 is 1.14 bits per heavy atom. The molecule has 0 aliphatic rings. The Morgan fingerprint density at radius 2 is 1.96 bits per heavy atom. The fourth-order valence-electron chi connectivity index (χ4n) is 2.98. The molecule has 4 aromatic heterocycles. The molecule has 0 aromatic carbocycles. The molecule has 0 spiro atoms. The van der Waals surface area contributed by atoms with Crippen molar-refractivity contribution in [3.05, 3.63) is 67.3 Å². The summed E-state index contributed by atoms with van der Waals surface area (Å²) in [7, 11) is 0. The summed E-state index contributed by atoms with van der Waals surface area (Å²) in [6.07, 6.45) is 3.67. The number of aliphatic hydroxyl groups is 1. The van der Waals surface area contributed by atoms with E-state index >= 15 is 0 Å². The molecule has 4 heterocycles. The zero-order valence-electron chi connectivity index (χ0n) is 14.8. The molecule has 0 bridgehead atoms. The van der Waals surface area contributed by atoms with Crippen molar-refractivity contribution in [2.45, 2.75) is 12.6 Å². The molecule has 1 unspecified atom stereocenters. The van der Waals surface area contributed by atoms with E-state index in [9.17, 15) is 9.50 Å². The summed E-state index contributed by atoms with van der Waals surface area (Å²) >= 11 is 0. The Kier molecular flexibility index (Phi) is 4.54. The van der Waals surface area contributed by atoms with Crippen LogP contribution in [-0.4, -0.2) is 29.6 Å². The highest BCUT2D eigenvalue weighted by molar-refractivity contribution is 5.82. The average Bonchev–Trinajstić information content (AvgIpc) is 3.07. The number of hydrogen-bond acceptors (Lipinski definition) is 6. The highest BCUT2D eigenvalue weighted by Gasteiger charge is 2.21. The van der Waals surface area contributed by atoms with Crippen LogP contribution in [0, 0.1) is 5.82 Å². The summed E-state index contributed by atoms with van der Waals surface area (Å²) < 4.78 is 14.8. The maximum absolute atomic E-state index is 13.2. The Bertz CT molecular complexity index is 1160. The summed E-state index contributed by atoms with van der Waals surface area (Å²) in [5, 5.41) is 10.7. The largest absolute Gasteiger partial charge is 0.383 e. The van der Waals surface area contributed by atoms with Crippen molar-refractivity contribution in [2.75, 3.05) is 5.73 Å². The van der Waals surface area contributed by atoms with E-state index in [1.54, 1.807) is 47.2 Å². The highest BCUT2D eigenvalue weighted by atomic mass is 19.1. The SMILES string of the molecule is C=CCC(O)n1c(-c2cccnc2N)nc2ccc(-c3ccc(F)cn3)nc21. The molecule has 140 valence electrons. The molecule has 0 saturated carbocycles. The Balaban J connectivity index is 1.95. The van der Waals surface area contributed by atoms with Gasteiger partial charge in [-0.2, -0.15) is 0 Å². The van der Waals surface area contributed by atoms with Crippen molar-refractivity contribution in [2.24, 2.45) is 0 Å². The van der Waals surface area contributed by atoms with Gasteiger partial charge in [-0.1, -0.05) is 6.08 Å². The number of imidazole rings is 1. The number of halogens is 1. The molecule has 0 radical (unpaired) electrons. The zero-order chi connectivity index (χ0) is 19.7. The second kappa shape index (κ2) is 7.16. The van der Waals surface area contributed by atoms with Gasteiger partial charge in [-0.15, -0.1) is 6.58 Å². The number of aliphatic hydroxyl groups excluding tert-OH is 1. The van der Waals surface area contributed by atoms with Crippen LogP contribution in [0.15, 0.2) is 61.4 Å². The number of pyridine rings is 3. The number of rotatable bonds is 5. The third-order valence-electron chi connectivity index (χ3n) is 4.28. The number of anilines is 1. The second-order valence-corrected chi connectivity index (χ2v) is 6.15. The molecule has 3 N–H and O–H groups in total. The highest BCUT2D eigenvalue weighted by Crippen LogP contribution is 2.31. The monoisotopic (exact) mass is 376 g/mol. The van der Waals surface area contributed by atoms with E-state index in [0.29, 0.717) is 46.2 Å². The van der Waals surface area contributed by atoms with Gasteiger partial charge in [-0.05, 0) is 36.4 Å². The van der Waals surface area contributed by atoms with Crippen LogP contribution in [0.2, 0.25) is 0 Å². The summed E-state index contributed by atoms with van der Waals surface area (Å²) in [4.78, 5) is 17.4. The van der Waals surface area contributed by atoms with Crippen molar-refractivity contribution < 1.29 is 9.50 Å². The quantitative estimate of drug-likeness (QED) is 0.518. The third-order valence-corrected chi connectivity index (χ3v) is 4.28. The van der Waals surface area contributed by atoms with E-state index < -0.39 is 12.0 Å². The van der Waals surface area contributed by atoms with Gasteiger partial charge in [-0.3, -0.25) is 9.55 Å². The minimum atomic E-state index is -0.943. The summed E-state index contributed by atoms with van der Waals surface area (Å²) in [5.41, 5.74) is 8.68. The van der Waals surface area contributed by atoms with Crippen molar-refractivity contribution in [3.63, 3.8) is 0 Å². The molecule has 1 atom stereocenters. The maximum Gasteiger partial charge on any atom is 0.163 e. The lowest BCUT2D eigenvalue weighted by Crippen LogP contribution is -2.11. The van der Waals surface area contributed by atoms with Crippen LogP contribution in [0.1, 0.15) is 12.6 Å². The van der Waals surface area contributed by atoms with Gasteiger partial charge in [0, 0.05) is 12.6 Å². The topological polar surface area (TPSA) is 103 Å². The van der Waals surface area contributed by atoms with Gasteiger partial charge in [-0.25, -0.2) is 19.3 Å². The summed E-state index contributed by atoms with van der Waals surface area (Å²) in [5.74, 6) is 0.322. The van der Waals surface area contributed by atoms with Crippen LogP contribution in [0.25, 0.3) is 33.9 Å². The predicted octanol–water partition coefficient (Wildman–Crippen LogP) is 3.34. The van der Waals surface area contributed by atoms with Crippen LogP contribution < -0.4 is 5.73 Å². The number of nitrogen functional groups attached to an aromatic ring is 1. The van der Waals surface area contributed by atoms with Crippen molar-refractivity contribution in [1.82, 2.24) is 24.5 Å². The average molecular weight is 376 g/mol. The van der Waals surface area contributed by atoms with E-state index in [1.165, 1.54) is 6.07 Å². The standard InChI is InChI=1S/C20H17FN6O/c1-2-4-17(28)27-19(13-5-3-10-23-18(13)22)26-16-9-8-15(25-20(16)27)14-7-6-12(21)11-24-14/h2-3,5-11,17,28H,1,4H2,(H2,22,23). The minimum Gasteiger partial charge on any atom is -0.383 e. The number of nitrogens with two attached hydrogens (primary N) is 1. The number of aromatic nitrogens is 5. The molecular weight excluding hydrogens is 359 g/mol. The lowest BCUT2D eigenvalue weighted by molar-refractivity contribution is 0.113. The minimum absolute atomic E-state index is 0.291. The first-order chi connectivity index (χ1) is 13.6. The van der Waals surface area contributed by atoms with Crippen molar-refractivity contribution >= 4 is 17.0 Å². The Hall–Kier alpha value is -3.65. The lowest BCUT2D eigenvalue weighted by atomic mass is 10.2.